The molecule has 6 heteroatoms. The van der Waals surface area contributed by atoms with Crippen molar-refractivity contribution >= 4 is 11.8 Å². The largest absolute Gasteiger partial charge is 0.508 e. The Hall–Kier alpha value is -2.76. The Balaban J connectivity index is 1.92. The Morgan fingerprint density at radius 2 is 1.67 bits per heavy atom. The van der Waals surface area contributed by atoms with Crippen molar-refractivity contribution in [3.8, 4) is 5.75 Å². The number of rotatable bonds is 2. The van der Waals surface area contributed by atoms with Crippen molar-refractivity contribution in [3.63, 3.8) is 0 Å². The quantitative estimate of drug-likeness (QED) is 0.691. The molecule has 0 saturated carbocycles. The average molecular weight is 246 g/mol. The molecule has 0 aliphatic carbocycles. The number of carbonyl (C=O) groups excluding carboxylic acids is 2. The summed E-state index contributed by atoms with van der Waals surface area (Å²) in [6, 6.07) is 8.67. The molecule has 0 aliphatic rings. The van der Waals surface area contributed by atoms with E-state index in [1.165, 1.54) is 36.6 Å². The minimum absolute atomic E-state index is 0.0613. The maximum absolute atomic E-state index is 11.6. The molecule has 0 unspecified atom stereocenters. The molecular formula is C12H10N2O4. The number of furan rings is 1. The highest BCUT2D eigenvalue weighted by Crippen LogP contribution is 2.09. The first-order chi connectivity index (χ1) is 8.66. The van der Waals surface area contributed by atoms with Crippen molar-refractivity contribution in [1.82, 2.24) is 10.9 Å². The number of hydrazine groups is 1. The Kier molecular flexibility index (Phi) is 3.29. The maximum Gasteiger partial charge on any atom is 0.305 e. The van der Waals surface area contributed by atoms with Crippen LogP contribution in [0.1, 0.15) is 20.9 Å². The number of benzene rings is 1. The van der Waals surface area contributed by atoms with Crippen molar-refractivity contribution in [2.45, 2.75) is 0 Å². The van der Waals surface area contributed by atoms with Crippen molar-refractivity contribution in [1.29, 1.82) is 0 Å². The summed E-state index contributed by atoms with van der Waals surface area (Å²) in [5.74, 6) is -0.880. The van der Waals surface area contributed by atoms with E-state index < -0.39 is 11.8 Å². The summed E-state index contributed by atoms with van der Waals surface area (Å²) in [6.45, 7) is 0. The number of carbonyl (C=O) groups is 2. The summed E-state index contributed by atoms with van der Waals surface area (Å²) in [6.07, 6.45) is 1.36. The lowest BCUT2D eigenvalue weighted by molar-refractivity contribution is 0.0831. The molecule has 0 aliphatic heterocycles. The number of nitrogens with one attached hydrogen (secondary N) is 2. The summed E-state index contributed by atoms with van der Waals surface area (Å²) in [5.41, 5.74) is 4.74. The second kappa shape index (κ2) is 5.05. The first kappa shape index (κ1) is 11.7. The van der Waals surface area contributed by atoms with Gasteiger partial charge in [-0.15, -0.1) is 0 Å². The predicted molar refractivity (Wildman–Crippen MR) is 61.7 cm³/mol. The fourth-order valence-corrected chi connectivity index (χ4v) is 1.27. The van der Waals surface area contributed by atoms with E-state index in [0.29, 0.717) is 5.56 Å². The van der Waals surface area contributed by atoms with Crippen LogP contribution in [0.4, 0.5) is 0 Å². The highest BCUT2D eigenvalue weighted by molar-refractivity contribution is 5.97. The van der Waals surface area contributed by atoms with Crippen LogP contribution < -0.4 is 10.9 Å². The van der Waals surface area contributed by atoms with E-state index in [4.69, 9.17) is 9.52 Å². The number of phenols is 1. The van der Waals surface area contributed by atoms with Crippen molar-refractivity contribution < 1.29 is 19.1 Å². The topological polar surface area (TPSA) is 91.6 Å². The van der Waals surface area contributed by atoms with Gasteiger partial charge in [0.1, 0.15) is 5.75 Å². The Morgan fingerprint density at radius 1 is 1.00 bits per heavy atom. The Morgan fingerprint density at radius 3 is 2.28 bits per heavy atom. The first-order valence-electron chi connectivity index (χ1n) is 5.10. The minimum Gasteiger partial charge on any atom is -0.508 e. The predicted octanol–water partition coefficient (Wildman–Crippen LogP) is 1.06. The van der Waals surface area contributed by atoms with Gasteiger partial charge >= 0.3 is 5.91 Å². The van der Waals surface area contributed by atoms with Gasteiger partial charge in [-0.3, -0.25) is 20.4 Å². The van der Waals surface area contributed by atoms with E-state index in [1.807, 2.05) is 0 Å². The maximum atomic E-state index is 11.6. The number of phenolic OH excluding ortho intramolecular Hbond substituents is 1. The van der Waals surface area contributed by atoms with E-state index in [9.17, 15) is 9.59 Å². The highest BCUT2D eigenvalue weighted by atomic mass is 16.3. The van der Waals surface area contributed by atoms with E-state index in [0.717, 1.165) is 0 Å². The molecule has 3 N–H and O–H groups in total. The second-order valence-electron chi connectivity index (χ2n) is 3.43. The lowest BCUT2D eigenvalue weighted by atomic mass is 10.2. The third-order valence-corrected chi connectivity index (χ3v) is 2.16. The van der Waals surface area contributed by atoms with Crippen molar-refractivity contribution in [3.05, 3.63) is 54.0 Å². The SMILES string of the molecule is O=C(NNC(=O)c1ccco1)c1ccc(O)cc1. The molecule has 0 radical (unpaired) electrons. The van der Waals surface area contributed by atoms with E-state index in [2.05, 4.69) is 10.9 Å². The van der Waals surface area contributed by atoms with Gasteiger partial charge < -0.3 is 9.52 Å². The highest BCUT2D eigenvalue weighted by Gasteiger charge is 2.10. The van der Waals surface area contributed by atoms with Crippen LogP contribution in [0.25, 0.3) is 0 Å². The third kappa shape index (κ3) is 2.67. The molecular weight excluding hydrogens is 236 g/mol. The van der Waals surface area contributed by atoms with Crippen LogP contribution in [0, 0.1) is 0 Å². The third-order valence-electron chi connectivity index (χ3n) is 2.16. The van der Waals surface area contributed by atoms with Gasteiger partial charge in [0.15, 0.2) is 5.76 Å². The second-order valence-corrected chi connectivity index (χ2v) is 3.43. The standard InChI is InChI=1S/C12H10N2O4/c15-9-5-3-8(4-6-9)11(16)13-14-12(17)10-2-1-7-18-10/h1-7,15H,(H,13,16)(H,14,17). The number of aromatic hydroxyl groups is 1. The van der Waals surface area contributed by atoms with Crippen molar-refractivity contribution in [2.75, 3.05) is 0 Å². The monoisotopic (exact) mass is 246 g/mol. The van der Waals surface area contributed by atoms with Crippen LogP contribution in [0.5, 0.6) is 5.75 Å². The van der Waals surface area contributed by atoms with E-state index in [-0.39, 0.29) is 11.5 Å². The van der Waals surface area contributed by atoms with Crippen LogP contribution in [0.2, 0.25) is 0 Å². The fourth-order valence-electron chi connectivity index (χ4n) is 1.27. The molecule has 0 fully saturated rings. The fraction of sp³-hybridized carbons (Fsp3) is 0. The summed E-state index contributed by atoms with van der Waals surface area (Å²) in [5, 5.41) is 9.07. The molecule has 1 aromatic carbocycles. The zero-order chi connectivity index (χ0) is 13.0. The molecule has 2 aromatic rings. The van der Waals surface area contributed by atoms with Gasteiger partial charge in [-0.2, -0.15) is 0 Å². The Bertz CT molecular complexity index is 546. The van der Waals surface area contributed by atoms with Gasteiger partial charge in [0.25, 0.3) is 5.91 Å². The summed E-state index contributed by atoms with van der Waals surface area (Å²) >= 11 is 0. The molecule has 0 saturated heterocycles. The van der Waals surface area contributed by atoms with Crippen LogP contribution in [0.15, 0.2) is 47.1 Å². The molecule has 2 rings (SSSR count). The number of hydrogen-bond acceptors (Lipinski definition) is 4. The summed E-state index contributed by atoms with van der Waals surface area (Å²) in [7, 11) is 0. The summed E-state index contributed by atoms with van der Waals surface area (Å²) < 4.78 is 4.85. The van der Waals surface area contributed by atoms with Gasteiger partial charge in [0, 0.05) is 5.56 Å². The van der Waals surface area contributed by atoms with Crippen LogP contribution in [0.3, 0.4) is 0 Å². The minimum atomic E-state index is -0.549. The smallest absolute Gasteiger partial charge is 0.305 e. The van der Waals surface area contributed by atoms with Gasteiger partial charge in [-0.25, -0.2) is 0 Å². The van der Waals surface area contributed by atoms with E-state index in [1.54, 1.807) is 6.07 Å². The van der Waals surface area contributed by atoms with Gasteiger partial charge in [-0.05, 0) is 36.4 Å². The molecule has 0 atom stereocenters. The van der Waals surface area contributed by atoms with Gasteiger partial charge in [-0.1, -0.05) is 0 Å². The van der Waals surface area contributed by atoms with Crippen LogP contribution >= 0.6 is 0 Å². The molecule has 92 valence electrons. The number of amides is 2. The molecule has 1 heterocycles. The van der Waals surface area contributed by atoms with Crippen LogP contribution in [-0.4, -0.2) is 16.9 Å². The summed E-state index contributed by atoms with van der Waals surface area (Å²) in [4.78, 5) is 23.0. The van der Waals surface area contributed by atoms with Crippen molar-refractivity contribution in [2.24, 2.45) is 0 Å². The van der Waals surface area contributed by atoms with Gasteiger partial charge in [0.2, 0.25) is 0 Å². The number of hydrogen-bond donors (Lipinski definition) is 3. The molecule has 2 amide bonds. The normalized spacial score (nSPS) is 9.78. The molecule has 18 heavy (non-hydrogen) atoms. The van der Waals surface area contributed by atoms with E-state index >= 15 is 0 Å². The molecule has 1 aromatic heterocycles. The lowest BCUT2D eigenvalue weighted by Crippen LogP contribution is -2.41. The first-order valence-corrected chi connectivity index (χ1v) is 5.10. The Labute approximate surface area is 102 Å². The molecule has 0 bridgehead atoms. The zero-order valence-corrected chi connectivity index (χ0v) is 9.21. The lowest BCUT2D eigenvalue weighted by Gasteiger charge is -2.05. The average Bonchev–Trinajstić information content (AvgIpc) is 2.90. The van der Waals surface area contributed by atoms with Gasteiger partial charge in [0.05, 0.1) is 6.26 Å². The molecule has 0 spiro atoms. The van der Waals surface area contributed by atoms with Crippen LogP contribution in [-0.2, 0) is 0 Å². The molecule has 6 nitrogen and oxygen atoms in total. The zero-order valence-electron chi connectivity index (χ0n) is 9.21.